The van der Waals surface area contributed by atoms with Gasteiger partial charge >= 0.3 is 0 Å². The highest BCUT2D eigenvalue weighted by Gasteiger charge is 2.42. The van der Waals surface area contributed by atoms with E-state index >= 15 is 0 Å². The first-order valence-electron chi connectivity index (χ1n) is 10.6. The average molecular weight is 437 g/mol. The molecule has 2 aromatic carbocycles. The standard InChI is InChI=1S/C25H27NO6/c1-15(2)14-31-19-10-9-16(13-20(19)30-4)22-21-23(27)17-7-5-6-8-18(17)32-24(21)25(28)26(22)11-12-29-3/h5-10,13,15,22H,11-12,14H2,1-4H3/t22-/m1/s1. The molecule has 32 heavy (non-hydrogen) atoms. The van der Waals surface area contributed by atoms with E-state index in [1.54, 1.807) is 43.4 Å². The largest absolute Gasteiger partial charge is 0.493 e. The Kier molecular flexibility index (Phi) is 6.19. The number of methoxy groups -OCH3 is 2. The molecule has 1 amide bonds. The smallest absolute Gasteiger partial charge is 0.290 e. The summed E-state index contributed by atoms with van der Waals surface area (Å²) in [6.07, 6.45) is 0. The first-order chi connectivity index (χ1) is 15.5. The van der Waals surface area contributed by atoms with Gasteiger partial charge in [-0.2, -0.15) is 0 Å². The Morgan fingerprint density at radius 1 is 1.06 bits per heavy atom. The molecule has 0 unspecified atom stereocenters. The number of carbonyl (C=O) groups is 1. The van der Waals surface area contributed by atoms with Gasteiger partial charge in [0, 0.05) is 13.7 Å². The van der Waals surface area contributed by atoms with Gasteiger partial charge < -0.3 is 23.5 Å². The molecule has 4 rings (SSSR count). The zero-order valence-corrected chi connectivity index (χ0v) is 18.7. The predicted octanol–water partition coefficient (Wildman–Crippen LogP) is 4.03. The number of ether oxygens (including phenoxy) is 3. The van der Waals surface area contributed by atoms with E-state index in [0.717, 1.165) is 5.56 Å². The number of hydrogen-bond acceptors (Lipinski definition) is 6. The van der Waals surface area contributed by atoms with Crippen LogP contribution in [0.2, 0.25) is 0 Å². The summed E-state index contributed by atoms with van der Waals surface area (Å²) in [5.74, 6) is 1.27. The van der Waals surface area contributed by atoms with E-state index in [1.165, 1.54) is 0 Å². The number of carbonyl (C=O) groups excluding carboxylic acids is 1. The van der Waals surface area contributed by atoms with Crippen LogP contribution in [0.4, 0.5) is 0 Å². The van der Waals surface area contributed by atoms with Gasteiger partial charge in [-0.05, 0) is 35.7 Å². The lowest BCUT2D eigenvalue weighted by molar-refractivity contribution is 0.0663. The molecule has 0 saturated heterocycles. The lowest BCUT2D eigenvalue weighted by Crippen LogP contribution is -2.32. The second-order valence-electron chi connectivity index (χ2n) is 8.18. The summed E-state index contributed by atoms with van der Waals surface area (Å²) in [6.45, 7) is 5.33. The van der Waals surface area contributed by atoms with E-state index in [-0.39, 0.29) is 17.1 Å². The number of hydrogen-bond donors (Lipinski definition) is 0. The van der Waals surface area contributed by atoms with Gasteiger partial charge in [-0.25, -0.2) is 0 Å². The van der Waals surface area contributed by atoms with Crippen molar-refractivity contribution in [3.63, 3.8) is 0 Å². The molecular formula is C25H27NO6. The molecule has 0 aliphatic carbocycles. The fraction of sp³-hybridized carbons (Fsp3) is 0.360. The second-order valence-corrected chi connectivity index (χ2v) is 8.18. The molecule has 1 atom stereocenters. The molecule has 2 heterocycles. The average Bonchev–Trinajstić information content (AvgIpc) is 3.08. The molecule has 1 aromatic heterocycles. The zero-order valence-electron chi connectivity index (χ0n) is 18.7. The highest BCUT2D eigenvalue weighted by atomic mass is 16.5. The molecule has 0 bridgehead atoms. The Labute approximate surface area is 186 Å². The lowest BCUT2D eigenvalue weighted by Gasteiger charge is -2.25. The number of benzene rings is 2. The van der Waals surface area contributed by atoms with Crippen LogP contribution in [0.3, 0.4) is 0 Å². The fourth-order valence-corrected chi connectivity index (χ4v) is 3.96. The van der Waals surface area contributed by atoms with Gasteiger partial charge in [-0.1, -0.05) is 32.0 Å². The van der Waals surface area contributed by atoms with Crippen molar-refractivity contribution in [1.82, 2.24) is 4.90 Å². The molecule has 0 N–H and O–H groups in total. The monoisotopic (exact) mass is 437 g/mol. The van der Waals surface area contributed by atoms with Crippen LogP contribution in [0.15, 0.2) is 51.7 Å². The number of para-hydroxylation sites is 1. The number of amides is 1. The summed E-state index contributed by atoms with van der Waals surface area (Å²) in [5, 5.41) is 0.446. The summed E-state index contributed by atoms with van der Waals surface area (Å²) < 4.78 is 22.6. The molecule has 3 aromatic rings. The van der Waals surface area contributed by atoms with Gasteiger partial charge in [0.25, 0.3) is 5.91 Å². The summed E-state index contributed by atoms with van der Waals surface area (Å²) >= 11 is 0. The maximum atomic E-state index is 13.4. The Hall–Kier alpha value is -3.32. The first kappa shape index (κ1) is 21.9. The molecule has 1 aliphatic heterocycles. The lowest BCUT2D eigenvalue weighted by atomic mass is 9.98. The quantitative estimate of drug-likeness (QED) is 0.530. The first-order valence-corrected chi connectivity index (χ1v) is 10.6. The summed E-state index contributed by atoms with van der Waals surface area (Å²) in [4.78, 5) is 28.3. The molecule has 7 heteroatoms. The van der Waals surface area contributed by atoms with Crippen LogP contribution in [0.1, 0.15) is 41.6 Å². The van der Waals surface area contributed by atoms with E-state index in [9.17, 15) is 9.59 Å². The predicted molar refractivity (Wildman–Crippen MR) is 121 cm³/mol. The van der Waals surface area contributed by atoms with Crippen molar-refractivity contribution >= 4 is 16.9 Å². The summed E-state index contributed by atoms with van der Waals surface area (Å²) in [6, 6.07) is 11.8. The van der Waals surface area contributed by atoms with Crippen LogP contribution in [0, 0.1) is 5.92 Å². The van der Waals surface area contributed by atoms with Crippen molar-refractivity contribution < 1.29 is 23.4 Å². The van der Waals surface area contributed by atoms with Crippen LogP contribution in [0.25, 0.3) is 11.0 Å². The normalized spacial score (nSPS) is 15.5. The maximum Gasteiger partial charge on any atom is 0.290 e. The molecule has 0 radical (unpaired) electrons. The zero-order chi connectivity index (χ0) is 22.8. The van der Waals surface area contributed by atoms with Crippen LogP contribution in [-0.2, 0) is 4.74 Å². The van der Waals surface area contributed by atoms with Gasteiger partial charge in [0.15, 0.2) is 16.9 Å². The SMILES string of the molecule is COCCN1C(=O)c2oc3ccccc3c(=O)c2[C@H]1c1ccc(OCC(C)C)c(OC)c1. The van der Waals surface area contributed by atoms with Gasteiger partial charge in [0.05, 0.1) is 37.3 Å². The van der Waals surface area contributed by atoms with Gasteiger partial charge in [0.1, 0.15) is 5.58 Å². The fourth-order valence-electron chi connectivity index (χ4n) is 3.96. The number of nitrogens with zero attached hydrogens (tertiary/aromatic N) is 1. The van der Waals surface area contributed by atoms with E-state index in [0.29, 0.717) is 53.7 Å². The second kappa shape index (κ2) is 9.04. The summed E-state index contributed by atoms with van der Waals surface area (Å²) in [7, 11) is 3.14. The molecule has 7 nitrogen and oxygen atoms in total. The van der Waals surface area contributed by atoms with Gasteiger partial charge in [-0.15, -0.1) is 0 Å². The Morgan fingerprint density at radius 2 is 1.84 bits per heavy atom. The van der Waals surface area contributed by atoms with Crippen molar-refractivity contribution in [2.24, 2.45) is 5.92 Å². The van der Waals surface area contributed by atoms with Crippen LogP contribution in [-0.4, -0.2) is 44.8 Å². The molecule has 168 valence electrons. The van der Waals surface area contributed by atoms with E-state index in [4.69, 9.17) is 18.6 Å². The van der Waals surface area contributed by atoms with Crippen molar-refractivity contribution in [2.75, 3.05) is 34.0 Å². The number of rotatable bonds is 8. The minimum Gasteiger partial charge on any atom is -0.493 e. The minimum absolute atomic E-state index is 0.0777. The third-order valence-electron chi connectivity index (χ3n) is 5.49. The molecule has 0 saturated carbocycles. The molecule has 1 aliphatic rings. The Balaban J connectivity index is 1.85. The highest BCUT2D eigenvalue weighted by Crippen LogP contribution is 2.40. The maximum absolute atomic E-state index is 13.4. The van der Waals surface area contributed by atoms with Crippen molar-refractivity contribution in [1.29, 1.82) is 0 Å². The highest BCUT2D eigenvalue weighted by molar-refractivity contribution is 5.99. The van der Waals surface area contributed by atoms with Gasteiger partial charge in [-0.3, -0.25) is 9.59 Å². The topological polar surface area (TPSA) is 78.2 Å². The van der Waals surface area contributed by atoms with E-state index < -0.39 is 6.04 Å². The Morgan fingerprint density at radius 3 is 2.56 bits per heavy atom. The summed E-state index contributed by atoms with van der Waals surface area (Å²) in [5.41, 5.74) is 1.26. The van der Waals surface area contributed by atoms with Crippen LogP contribution < -0.4 is 14.9 Å². The third-order valence-corrected chi connectivity index (χ3v) is 5.49. The van der Waals surface area contributed by atoms with Crippen molar-refractivity contribution in [2.45, 2.75) is 19.9 Å². The molecular weight excluding hydrogens is 410 g/mol. The van der Waals surface area contributed by atoms with Gasteiger partial charge in [0.2, 0.25) is 5.76 Å². The van der Waals surface area contributed by atoms with Crippen molar-refractivity contribution in [3.05, 3.63) is 69.6 Å². The van der Waals surface area contributed by atoms with Crippen LogP contribution >= 0.6 is 0 Å². The third kappa shape index (κ3) is 3.84. The van der Waals surface area contributed by atoms with E-state index in [1.807, 2.05) is 18.2 Å². The number of fused-ring (bicyclic) bond motifs is 2. The molecule has 0 fully saturated rings. The minimum atomic E-state index is -0.610. The van der Waals surface area contributed by atoms with Crippen LogP contribution in [0.5, 0.6) is 11.5 Å². The van der Waals surface area contributed by atoms with E-state index in [2.05, 4.69) is 13.8 Å². The molecule has 0 spiro atoms. The Bertz CT molecular complexity index is 1200. The van der Waals surface area contributed by atoms with Crippen molar-refractivity contribution in [3.8, 4) is 11.5 Å².